The Hall–Kier alpha value is -1.89. The van der Waals surface area contributed by atoms with E-state index in [1.165, 1.54) is 4.52 Å². The molecule has 2 aromatic rings. The first kappa shape index (κ1) is 12.6. The number of hydrogen-bond acceptors (Lipinski definition) is 5. The van der Waals surface area contributed by atoms with E-state index < -0.39 is 0 Å². The van der Waals surface area contributed by atoms with E-state index in [1.807, 2.05) is 6.07 Å². The molecule has 0 aliphatic carbocycles. The van der Waals surface area contributed by atoms with Crippen molar-refractivity contribution in [3.05, 3.63) is 22.6 Å². The molecule has 0 fully saturated rings. The molecule has 0 saturated carbocycles. The second-order valence-corrected chi connectivity index (χ2v) is 4.62. The van der Waals surface area contributed by atoms with Crippen molar-refractivity contribution in [3.8, 4) is 0 Å². The number of anilines is 1. The number of nitrogens with one attached hydrogen (secondary N) is 1. The molecule has 18 heavy (non-hydrogen) atoms. The lowest BCUT2D eigenvalue weighted by atomic mass is 10.2. The van der Waals surface area contributed by atoms with Gasteiger partial charge in [0, 0.05) is 19.6 Å². The van der Waals surface area contributed by atoms with E-state index in [0.717, 1.165) is 12.4 Å². The van der Waals surface area contributed by atoms with E-state index in [1.54, 1.807) is 6.07 Å². The number of rotatable bonds is 5. The van der Waals surface area contributed by atoms with Crippen molar-refractivity contribution in [3.63, 3.8) is 0 Å². The van der Waals surface area contributed by atoms with Crippen LogP contribution in [0.15, 0.2) is 16.9 Å². The Kier molecular flexibility index (Phi) is 3.61. The Morgan fingerprint density at radius 3 is 2.94 bits per heavy atom. The molecule has 0 amide bonds. The molecule has 0 aliphatic heterocycles. The lowest BCUT2D eigenvalue weighted by Crippen LogP contribution is -2.34. The van der Waals surface area contributed by atoms with E-state index in [0.29, 0.717) is 24.7 Å². The van der Waals surface area contributed by atoms with Gasteiger partial charge in [-0.1, -0.05) is 13.8 Å². The Morgan fingerprint density at radius 1 is 1.50 bits per heavy atom. The van der Waals surface area contributed by atoms with Crippen molar-refractivity contribution in [1.29, 1.82) is 0 Å². The molecule has 7 nitrogen and oxygen atoms in total. The number of aromatic amines is 1. The fraction of sp³-hybridized carbons (Fsp3) is 0.545. The van der Waals surface area contributed by atoms with Crippen LogP contribution in [0.4, 0.5) is 5.82 Å². The zero-order chi connectivity index (χ0) is 13.1. The summed E-state index contributed by atoms with van der Waals surface area (Å²) in [5.74, 6) is 1.24. The SMILES string of the molecule is CC(C)CN(CCN)c1ccc2n[nH]c(=O)n2n1. The molecule has 2 rings (SSSR count). The molecule has 3 N–H and O–H groups in total. The van der Waals surface area contributed by atoms with Gasteiger partial charge in [0.15, 0.2) is 5.65 Å². The highest BCUT2D eigenvalue weighted by Crippen LogP contribution is 2.11. The van der Waals surface area contributed by atoms with Crippen molar-refractivity contribution in [2.75, 3.05) is 24.5 Å². The van der Waals surface area contributed by atoms with Gasteiger partial charge in [-0.3, -0.25) is 0 Å². The summed E-state index contributed by atoms with van der Waals surface area (Å²) >= 11 is 0. The summed E-state index contributed by atoms with van der Waals surface area (Å²) < 4.78 is 1.26. The average Bonchev–Trinajstić information content (AvgIpc) is 2.70. The summed E-state index contributed by atoms with van der Waals surface area (Å²) in [5, 5.41) is 10.5. The predicted molar refractivity (Wildman–Crippen MR) is 69.7 cm³/mol. The van der Waals surface area contributed by atoms with E-state index in [2.05, 4.69) is 34.0 Å². The maximum Gasteiger partial charge on any atom is 0.364 e. The Morgan fingerprint density at radius 2 is 2.28 bits per heavy atom. The van der Waals surface area contributed by atoms with Crippen LogP contribution in [0.3, 0.4) is 0 Å². The molecule has 98 valence electrons. The predicted octanol–water partition coefficient (Wildman–Crippen LogP) is -0.161. The number of hydrogen-bond donors (Lipinski definition) is 2. The van der Waals surface area contributed by atoms with Crippen LogP contribution >= 0.6 is 0 Å². The van der Waals surface area contributed by atoms with Gasteiger partial charge in [-0.25, -0.2) is 9.89 Å². The van der Waals surface area contributed by atoms with Crippen LogP contribution in [0.1, 0.15) is 13.8 Å². The molecule has 0 atom stereocenters. The molecule has 2 heterocycles. The lowest BCUT2D eigenvalue weighted by Gasteiger charge is -2.24. The first-order valence-corrected chi connectivity index (χ1v) is 6.01. The van der Waals surface area contributed by atoms with Crippen LogP contribution in [0.5, 0.6) is 0 Å². The van der Waals surface area contributed by atoms with Crippen LogP contribution < -0.4 is 16.3 Å². The van der Waals surface area contributed by atoms with Gasteiger partial charge in [-0.2, -0.15) is 9.61 Å². The Balaban J connectivity index is 2.36. The van der Waals surface area contributed by atoms with Crippen LogP contribution in [-0.4, -0.2) is 39.4 Å². The summed E-state index contributed by atoms with van der Waals surface area (Å²) in [6.45, 7) is 6.37. The molecular weight excluding hydrogens is 232 g/mol. The Bertz CT molecular complexity index is 572. The number of aromatic nitrogens is 4. The fourth-order valence-corrected chi connectivity index (χ4v) is 1.86. The van der Waals surface area contributed by atoms with E-state index in [4.69, 9.17) is 5.73 Å². The molecule has 0 saturated heterocycles. The third kappa shape index (κ3) is 2.51. The second kappa shape index (κ2) is 5.18. The van der Waals surface area contributed by atoms with Crippen LogP contribution in [0.2, 0.25) is 0 Å². The molecule has 0 spiro atoms. The van der Waals surface area contributed by atoms with Crippen molar-refractivity contribution in [2.24, 2.45) is 11.7 Å². The molecule has 7 heteroatoms. The maximum absolute atomic E-state index is 11.5. The normalized spacial score (nSPS) is 11.3. The number of nitrogens with two attached hydrogens (primary N) is 1. The van der Waals surface area contributed by atoms with E-state index in [-0.39, 0.29) is 5.69 Å². The van der Waals surface area contributed by atoms with Gasteiger partial charge in [0.1, 0.15) is 5.82 Å². The van der Waals surface area contributed by atoms with Crippen LogP contribution in [0, 0.1) is 5.92 Å². The van der Waals surface area contributed by atoms with Gasteiger partial charge in [-0.05, 0) is 18.1 Å². The number of fused-ring (bicyclic) bond motifs is 1. The van der Waals surface area contributed by atoms with Crippen molar-refractivity contribution in [2.45, 2.75) is 13.8 Å². The van der Waals surface area contributed by atoms with Crippen molar-refractivity contribution in [1.82, 2.24) is 19.8 Å². The lowest BCUT2D eigenvalue weighted by molar-refractivity contribution is 0.603. The van der Waals surface area contributed by atoms with Gasteiger partial charge in [-0.15, -0.1) is 5.10 Å². The quantitative estimate of drug-likeness (QED) is 0.769. The van der Waals surface area contributed by atoms with Gasteiger partial charge >= 0.3 is 5.69 Å². The highest BCUT2D eigenvalue weighted by molar-refractivity contribution is 5.45. The third-order valence-corrected chi connectivity index (χ3v) is 2.57. The average molecular weight is 250 g/mol. The molecule has 0 bridgehead atoms. The number of nitrogens with zero attached hydrogens (tertiary/aromatic N) is 4. The first-order valence-electron chi connectivity index (χ1n) is 6.01. The molecular formula is C11H18N6O. The van der Waals surface area contributed by atoms with Crippen molar-refractivity contribution >= 4 is 11.5 Å². The smallest absolute Gasteiger partial charge is 0.354 e. The standard InChI is InChI=1S/C11H18N6O/c1-8(2)7-16(6-5-12)10-4-3-9-13-14-11(18)17(9)15-10/h3-4,8H,5-7,12H2,1-2H3,(H,14,18). The minimum absolute atomic E-state index is 0.330. The molecule has 0 unspecified atom stereocenters. The topological polar surface area (TPSA) is 92.3 Å². The maximum atomic E-state index is 11.5. The summed E-state index contributed by atoms with van der Waals surface area (Å²) in [7, 11) is 0. The Labute approximate surface area is 105 Å². The van der Waals surface area contributed by atoms with Gasteiger partial charge in [0.2, 0.25) is 0 Å². The van der Waals surface area contributed by atoms with Crippen LogP contribution in [-0.2, 0) is 0 Å². The van der Waals surface area contributed by atoms with E-state index in [9.17, 15) is 4.79 Å². The zero-order valence-electron chi connectivity index (χ0n) is 10.6. The van der Waals surface area contributed by atoms with Gasteiger partial charge in [0.05, 0.1) is 0 Å². The first-order chi connectivity index (χ1) is 8.61. The molecule has 0 aromatic carbocycles. The molecule has 2 aromatic heterocycles. The molecule has 0 aliphatic rings. The number of H-pyrrole nitrogens is 1. The second-order valence-electron chi connectivity index (χ2n) is 4.62. The summed E-state index contributed by atoms with van der Waals surface area (Å²) in [4.78, 5) is 13.5. The van der Waals surface area contributed by atoms with Crippen molar-refractivity contribution < 1.29 is 0 Å². The zero-order valence-corrected chi connectivity index (χ0v) is 10.6. The minimum atomic E-state index is -0.330. The van der Waals surface area contributed by atoms with Gasteiger partial charge < -0.3 is 10.6 Å². The van der Waals surface area contributed by atoms with E-state index >= 15 is 0 Å². The van der Waals surface area contributed by atoms with Crippen LogP contribution in [0.25, 0.3) is 5.65 Å². The fourth-order valence-electron chi connectivity index (χ4n) is 1.86. The highest BCUT2D eigenvalue weighted by Gasteiger charge is 2.11. The monoisotopic (exact) mass is 250 g/mol. The summed E-state index contributed by atoms with van der Waals surface area (Å²) in [6, 6.07) is 3.62. The third-order valence-electron chi connectivity index (χ3n) is 2.57. The largest absolute Gasteiger partial charge is 0.364 e. The summed E-state index contributed by atoms with van der Waals surface area (Å²) in [6.07, 6.45) is 0. The molecule has 0 radical (unpaired) electrons. The van der Waals surface area contributed by atoms with Gasteiger partial charge in [0.25, 0.3) is 0 Å². The summed E-state index contributed by atoms with van der Waals surface area (Å²) in [5.41, 5.74) is 5.79. The highest BCUT2D eigenvalue weighted by atomic mass is 16.2. The minimum Gasteiger partial charge on any atom is -0.354 e.